The Morgan fingerprint density at radius 3 is 2.39 bits per heavy atom. The van der Waals surface area contributed by atoms with Gasteiger partial charge in [0, 0.05) is 25.7 Å². The number of hydrogen-bond acceptors (Lipinski definition) is 4. The third kappa shape index (κ3) is 5.22. The molecule has 0 spiro atoms. The highest BCUT2D eigenvalue weighted by Gasteiger charge is 2.28. The molecular weight excluding hydrogens is 228 g/mol. The zero-order chi connectivity index (χ0) is 13.4. The summed E-state index contributed by atoms with van der Waals surface area (Å²) >= 11 is 0. The number of aliphatic hydroxyl groups excluding tert-OH is 2. The van der Waals surface area contributed by atoms with Gasteiger partial charge < -0.3 is 15.9 Å². The average molecular weight is 258 g/mol. The molecule has 1 rings (SSSR count). The molecule has 0 aromatic rings. The second-order valence-corrected chi connectivity index (χ2v) is 5.64. The zero-order valence-corrected chi connectivity index (χ0v) is 11.7. The fraction of sp³-hybridized carbons (Fsp3) is 1.00. The van der Waals surface area contributed by atoms with Crippen LogP contribution in [0, 0.1) is 11.8 Å². The van der Waals surface area contributed by atoms with Crippen molar-refractivity contribution in [2.24, 2.45) is 17.6 Å². The van der Waals surface area contributed by atoms with Crippen LogP contribution >= 0.6 is 0 Å². The van der Waals surface area contributed by atoms with Gasteiger partial charge in [0.05, 0.1) is 13.2 Å². The number of hydrogen-bond donors (Lipinski definition) is 3. The Hall–Kier alpha value is -0.160. The predicted octanol–water partition coefficient (Wildman–Crippen LogP) is 0.817. The van der Waals surface area contributed by atoms with Crippen molar-refractivity contribution in [1.82, 2.24) is 4.90 Å². The molecule has 0 saturated heterocycles. The fourth-order valence-electron chi connectivity index (χ4n) is 3.17. The lowest BCUT2D eigenvalue weighted by Crippen LogP contribution is -2.44. The van der Waals surface area contributed by atoms with Gasteiger partial charge in [0.1, 0.15) is 0 Å². The second-order valence-electron chi connectivity index (χ2n) is 5.64. The van der Waals surface area contributed by atoms with Gasteiger partial charge in [-0.3, -0.25) is 4.90 Å². The summed E-state index contributed by atoms with van der Waals surface area (Å²) in [6.07, 6.45) is 6.17. The van der Waals surface area contributed by atoms with Crippen LogP contribution in [0.4, 0.5) is 0 Å². The lowest BCUT2D eigenvalue weighted by molar-refractivity contribution is 0.113. The molecule has 1 saturated carbocycles. The van der Waals surface area contributed by atoms with Gasteiger partial charge in [-0.25, -0.2) is 0 Å². The van der Waals surface area contributed by atoms with Crippen molar-refractivity contribution in [1.29, 1.82) is 0 Å². The van der Waals surface area contributed by atoms with Crippen LogP contribution in [0.2, 0.25) is 0 Å². The van der Waals surface area contributed by atoms with E-state index in [1.807, 2.05) is 0 Å². The molecule has 0 aromatic carbocycles. The second kappa shape index (κ2) is 8.86. The van der Waals surface area contributed by atoms with E-state index in [0.717, 1.165) is 18.9 Å². The van der Waals surface area contributed by atoms with Gasteiger partial charge in [0.15, 0.2) is 0 Å². The van der Waals surface area contributed by atoms with Crippen LogP contribution in [-0.2, 0) is 0 Å². The van der Waals surface area contributed by atoms with E-state index in [1.54, 1.807) is 0 Å². The summed E-state index contributed by atoms with van der Waals surface area (Å²) in [5.74, 6) is 1.35. The highest BCUT2D eigenvalue weighted by Crippen LogP contribution is 2.31. The standard InChI is InChI=1S/C14H30N2O2/c1-2-3-12-4-5-14(15)13(10-12)11-16(6-8-17)7-9-18/h12-14,17-18H,2-11,15H2,1H3. The minimum atomic E-state index is 0.153. The molecule has 4 heteroatoms. The van der Waals surface area contributed by atoms with Crippen molar-refractivity contribution in [2.45, 2.75) is 45.1 Å². The van der Waals surface area contributed by atoms with Crippen LogP contribution in [-0.4, -0.2) is 54.0 Å². The van der Waals surface area contributed by atoms with Crippen molar-refractivity contribution in [2.75, 3.05) is 32.8 Å². The molecule has 0 aliphatic heterocycles. The van der Waals surface area contributed by atoms with Crippen molar-refractivity contribution in [3.05, 3.63) is 0 Å². The van der Waals surface area contributed by atoms with Crippen LogP contribution in [0.3, 0.4) is 0 Å². The maximum Gasteiger partial charge on any atom is 0.0558 e. The molecule has 0 bridgehead atoms. The average Bonchev–Trinajstić information content (AvgIpc) is 2.34. The normalized spacial score (nSPS) is 28.8. The maximum atomic E-state index is 9.04. The van der Waals surface area contributed by atoms with E-state index in [1.165, 1.54) is 25.7 Å². The topological polar surface area (TPSA) is 69.7 Å². The first-order valence-corrected chi connectivity index (χ1v) is 7.40. The zero-order valence-electron chi connectivity index (χ0n) is 11.7. The predicted molar refractivity (Wildman–Crippen MR) is 74.3 cm³/mol. The van der Waals surface area contributed by atoms with Gasteiger partial charge in [-0.1, -0.05) is 19.8 Å². The first-order chi connectivity index (χ1) is 8.71. The van der Waals surface area contributed by atoms with Gasteiger partial charge in [0.25, 0.3) is 0 Å². The number of rotatable bonds is 8. The largest absolute Gasteiger partial charge is 0.395 e. The molecule has 1 aliphatic carbocycles. The van der Waals surface area contributed by atoms with E-state index in [2.05, 4.69) is 11.8 Å². The van der Waals surface area contributed by atoms with Crippen molar-refractivity contribution < 1.29 is 10.2 Å². The first kappa shape index (κ1) is 15.9. The summed E-state index contributed by atoms with van der Waals surface area (Å²) in [5.41, 5.74) is 6.23. The first-order valence-electron chi connectivity index (χ1n) is 7.40. The molecule has 18 heavy (non-hydrogen) atoms. The quantitative estimate of drug-likeness (QED) is 0.603. The summed E-state index contributed by atoms with van der Waals surface area (Å²) in [7, 11) is 0. The lowest BCUT2D eigenvalue weighted by Gasteiger charge is -2.37. The lowest BCUT2D eigenvalue weighted by atomic mass is 9.76. The third-order valence-electron chi connectivity index (χ3n) is 4.17. The van der Waals surface area contributed by atoms with E-state index in [4.69, 9.17) is 15.9 Å². The molecule has 1 fully saturated rings. The minimum Gasteiger partial charge on any atom is -0.395 e. The Morgan fingerprint density at radius 2 is 1.83 bits per heavy atom. The summed E-state index contributed by atoms with van der Waals surface area (Å²) in [4.78, 5) is 2.14. The van der Waals surface area contributed by atoms with E-state index in [0.29, 0.717) is 19.0 Å². The Labute approximate surface area is 111 Å². The van der Waals surface area contributed by atoms with Crippen LogP contribution in [0.5, 0.6) is 0 Å². The van der Waals surface area contributed by atoms with E-state index in [9.17, 15) is 0 Å². The van der Waals surface area contributed by atoms with Gasteiger partial charge >= 0.3 is 0 Å². The molecule has 0 amide bonds. The summed E-state index contributed by atoms with van der Waals surface area (Å²) in [6.45, 7) is 4.75. The Morgan fingerprint density at radius 1 is 1.17 bits per heavy atom. The van der Waals surface area contributed by atoms with Crippen molar-refractivity contribution in [3.63, 3.8) is 0 Å². The smallest absolute Gasteiger partial charge is 0.0558 e. The number of aliphatic hydroxyl groups is 2. The molecule has 4 nitrogen and oxygen atoms in total. The molecule has 3 atom stereocenters. The Kier molecular flexibility index (Phi) is 7.82. The van der Waals surface area contributed by atoms with Gasteiger partial charge in [-0.15, -0.1) is 0 Å². The van der Waals surface area contributed by atoms with E-state index >= 15 is 0 Å². The molecule has 4 N–H and O–H groups in total. The van der Waals surface area contributed by atoms with Crippen LogP contribution < -0.4 is 5.73 Å². The van der Waals surface area contributed by atoms with Crippen LogP contribution in [0.25, 0.3) is 0 Å². The number of nitrogens with two attached hydrogens (primary N) is 1. The van der Waals surface area contributed by atoms with E-state index in [-0.39, 0.29) is 19.3 Å². The Balaban J connectivity index is 2.44. The van der Waals surface area contributed by atoms with E-state index < -0.39 is 0 Å². The van der Waals surface area contributed by atoms with Gasteiger partial charge in [-0.2, -0.15) is 0 Å². The minimum absolute atomic E-state index is 0.153. The van der Waals surface area contributed by atoms with Crippen LogP contribution in [0.1, 0.15) is 39.0 Å². The molecular formula is C14H30N2O2. The van der Waals surface area contributed by atoms with Gasteiger partial charge in [-0.05, 0) is 31.1 Å². The molecule has 0 heterocycles. The summed E-state index contributed by atoms with van der Waals surface area (Å²) in [6, 6.07) is 0.290. The third-order valence-corrected chi connectivity index (χ3v) is 4.17. The van der Waals surface area contributed by atoms with Crippen LogP contribution in [0.15, 0.2) is 0 Å². The monoisotopic (exact) mass is 258 g/mol. The molecule has 0 radical (unpaired) electrons. The molecule has 0 aromatic heterocycles. The van der Waals surface area contributed by atoms with Crippen molar-refractivity contribution >= 4 is 0 Å². The Bertz CT molecular complexity index is 208. The highest BCUT2D eigenvalue weighted by molar-refractivity contribution is 4.84. The van der Waals surface area contributed by atoms with Crippen molar-refractivity contribution in [3.8, 4) is 0 Å². The molecule has 108 valence electrons. The van der Waals surface area contributed by atoms with Gasteiger partial charge in [0.2, 0.25) is 0 Å². The molecule has 3 unspecified atom stereocenters. The fourth-order valence-corrected chi connectivity index (χ4v) is 3.17. The number of nitrogens with zero attached hydrogens (tertiary/aromatic N) is 1. The summed E-state index contributed by atoms with van der Waals surface area (Å²) < 4.78 is 0. The summed E-state index contributed by atoms with van der Waals surface area (Å²) in [5, 5.41) is 18.1. The SMILES string of the molecule is CCCC1CCC(N)C(CN(CCO)CCO)C1. The highest BCUT2D eigenvalue weighted by atomic mass is 16.3. The maximum absolute atomic E-state index is 9.04. The molecule has 1 aliphatic rings.